The molecule has 0 aromatic carbocycles. The van der Waals surface area contributed by atoms with E-state index in [0.29, 0.717) is 19.4 Å². The Labute approximate surface area is 90.3 Å². The molecule has 1 heterocycles. The van der Waals surface area contributed by atoms with Gasteiger partial charge in [0.15, 0.2) is 5.78 Å². The van der Waals surface area contributed by atoms with E-state index >= 15 is 0 Å². The van der Waals surface area contributed by atoms with Crippen molar-refractivity contribution in [1.82, 2.24) is 9.55 Å². The molecule has 0 bridgehead atoms. The van der Waals surface area contributed by atoms with Gasteiger partial charge in [0.2, 0.25) is 0 Å². The van der Waals surface area contributed by atoms with E-state index in [1.165, 1.54) is 0 Å². The lowest BCUT2D eigenvalue weighted by molar-refractivity contribution is -0.129. The summed E-state index contributed by atoms with van der Waals surface area (Å²) in [6, 6.07) is 0. The highest BCUT2D eigenvalue weighted by Crippen LogP contribution is 2.03. The quantitative estimate of drug-likeness (QED) is 0.711. The van der Waals surface area contributed by atoms with E-state index in [1.807, 2.05) is 24.7 Å². The molecule has 0 fully saturated rings. The Morgan fingerprint density at radius 2 is 2.40 bits per heavy atom. The molecule has 4 heteroatoms. The third-order valence-corrected chi connectivity index (χ3v) is 2.39. The van der Waals surface area contributed by atoms with Gasteiger partial charge in [-0.2, -0.15) is 0 Å². The summed E-state index contributed by atoms with van der Waals surface area (Å²) in [5.74, 6) is 1.08. The molecule has 15 heavy (non-hydrogen) atoms. The van der Waals surface area contributed by atoms with Crippen LogP contribution >= 0.6 is 0 Å². The Kier molecular flexibility index (Phi) is 4.49. The first-order valence-corrected chi connectivity index (χ1v) is 5.25. The van der Waals surface area contributed by atoms with E-state index in [4.69, 9.17) is 4.74 Å². The molecule has 0 amide bonds. The van der Waals surface area contributed by atoms with E-state index in [9.17, 15) is 4.79 Å². The first kappa shape index (κ1) is 11.9. The van der Waals surface area contributed by atoms with Crippen molar-refractivity contribution >= 4 is 5.78 Å². The topological polar surface area (TPSA) is 44.1 Å². The van der Waals surface area contributed by atoms with Gasteiger partial charge in [-0.1, -0.05) is 0 Å². The van der Waals surface area contributed by atoms with E-state index in [-0.39, 0.29) is 11.9 Å². The zero-order chi connectivity index (χ0) is 11.3. The fourth-order valence-corrected chi connectivity index (χ4v) is 1.42. The average Bonchev–Trinajstić information content (AvgIpc) is 2.61. The predicted octanol–water partition coefficient (Wildman–Crippen LogP) is 1.35. The van der Waals surface area contributed by atoms with Crippen molar-refractivity contribution in [2.24, 2.45) is 7.05 Å². The fourth-order valence-electron chi connectivity index (χ4n) is 1.42. The van der Waals surface area contributed by atoms with Crippen LogP contribution < -0.4 is 0 Å². The zero-order valence-corrected chi connectivity index (χ0v) is 9.56. The molecule has 4 nitrogen and oxygen atoms in total. The highest BCUT2D eigenvalue weighted by molar-refractivity contribution is 5.82. The minimum Gasteiger partial charge on any atom is -0.371 e. The number of carbonyl (C=O) groups excluding carboxylic acids is 1. The second-order valence-electron chi connectivity index (χ2n) is 3.52. The zero-order valence-electron chi connectivity index (χ0n) is 9.56. The van der Waals surface area contributed by atoms with Gasteiger partial charge in [0.25, 0.3) is 0 Å². The smallest absolute Gasteiger partial charge is 0.161 e. The Morgan fingerprint density at radius 1 is 1.67 bits per heavy atom. The first-order chi connectivity index (χ1) is 7.15. The number of ketones is 1. The number of ether oxygens (including phenoxy) is 1. The summed E-state index contributed by atoms with van der Waals surface area (Å²) in [6.07, 6.45) is 4.50. The molecule has 0 aliphatic carbocycles. The normalized spacial score (nSPS) is 12.7. The molecule has 1 aromatic rings. The largest absolute Gasteiger partial charge is 0.371 e. The number of Topliss-reactive ketones (excluding diaryl/α,β-unsaturated/α-hetero) is 1. The van der Waals surface area contributed by atoms with Crippen LogP contribution in [0.4, 0.5) is 0 Å². The predicted molar refractivity (Wildman–Crippen MR) is 57.6 cm³/mol. The van der Waals surface area contributed by atoms with Crippen molar-refractivity contribution < 1.29 is 9.53 Å². The van der Waals surface area contributed by atoms with Crippen LogP contribution in [0.15, 0.2) is 12.4 Å². The number of hydrogen-bond donors (Lipinski definition) is 0. The SMILES string of the molecule is CCOC(C)C(=O)CCc1nccn1C. The van der Waals surface area contributed by atoms with Crippen LogP contribution in [0.1, 0.15) is 26.1 Å². The molecule has 0 N–H and O–H groups in total. The van der Waals surface area contributed by atoms with Crippen molar-refractivity contribution in [3.63, 3.8) is 0 Å². The van der Waals surface area contributed by atoms with Crippen molar-refractivity contribution in [3.05, 3.63) is 18.2 Å². The van der Waals surface area contributed by atoms with Crippen LogP contribution in [0.5, 0.6) is 0 Å². The molecule has 0 aliphatic heterocycles. The number of nitrogens with zero attached hydrogens (tertiary/aromatic N) is 2. The second-order valence-corrected chi connectivity index (χ2v) is 3.52. The highest BCUT2D eigenvalue weighted by atomic mass is 16.5. The average molecular weight is 210 g/mol. The summed E-state index contributed by atoms with van der Waals surface area (Å²) < 4.78 is 7.16. The minimum absolute atomic E-state index is 0.139. The standard InChI is InChI=1S/C11H18N2O2/c1-4-15-9(2)10(14)5-6-11-12-7-8-13(11)3/h7-9H,4-6H2,1-3H3. The Bertz CT molecular complexity index is 320. The lowest BCUT2D eigenvalue weighted by Crippen LogP contribution is -2.21. The Hall–Kier alpha value is -1.16. The molecule has 1 rings (SSSR count). The summed E-state index contributed by atoms with van der Waals surface area (Å²) in [5.41, 5.74) is 0. The summed E-state index contributed by atoms with van der Waals surface area (Å²) in [4.78, 5) is 15.7. The third kappa shape index (κ3) is 3.47. The molecular formula is C11H18N2O2. The molecule has 1 atom stereocenters. The third-order valence-electron chi connectivity index (χ3n) is 2.39. The van der Waals surface area contributed by atoms with E-state index < -0.39 is 0 Å². The lowest BCUT2D eigenvalue weighted by atomic mass is 10.1. The number of aryl methyl sites for hydroxylation is 2. The van der Waals surface area contributed by atoms with Gasteiger partial charge in [0.05, 0.1) is 0 Å². The number of rotatable bonds is 6. The molecule has 0 spiro atoms. The van der Waals surface area contributed by atoms with E-state index in [0.717, 1.165) is 5.82 Å². The maximum absolute atomic E-state index is 11.6. The molecular weight excluding hydrogens is 192 g/mol. The Balaban J connectivity index is 2.37. The number of aromatic nitrogens is 2. The van der Waals surface area contributed by atoms with Crippen LogP contribution in [0.3, 0.4) is 0 Å². The van der Waals surface area contributed by atoms with Gasteiger partial charge < -0.3 is 9.30 Å². The molecule has 0 aliphatic rings. The Morgan fingerprint density at radius 3 is 2.93 bits per heavy atom. The number of imidazole rings is 1. The molecule has 1 unspecified atom stereocenters. The molecule has 0 saturated heterocycles. The van der Waals surface area contributed by atoms with Gasteiger partial charge in [-0.3, -0.25) is 4.79 Å². The molecule has 1 aromatic heterocycles. The van der Waals surface area contributed by atoms with Crippen LogP contribution in [0, 0.1) is 0 Å². The molecule has 84 valence electrons. The van der Waals surface area contributed by atoms with E-state index in [2.05, 4.69) is 4.98 Å². The van der Waals surface area contributed by atoms with Crippen molar-refractivity contribution in [2.75, 3.05) is 6.61 Å². The van der Waals surface area contributed by atoms with Gasteiger partial charge >= 0.3 is 0 Å². The number of carbonyl (C=O) groups is 1. The van der Waals surface area contributed by atoms with E-state index in [1.54, 1.807) is 13.1 Å². The fraction of sp³-hybridized carbons (Fsp3) is 0.636. The van der Waals surface area contributed by atoms with Gasteiger partial charge in [-0.25, -0.2) is 4.98 Å². The summed E-state index contributed by atoms with van der Waals surface area (Å²) in [7, 11) is 1.93. The van der Waals surface area contributed by atoms with Crippen LogP contribution in [0.25, 0.3) is 0 Å². The lowest BCUT2D eigenvalue weighted by Gasteiger charge is -2.09. The van der Waals surface area contributed by atoms with Gasteiger partial charge in [-0.15, -0.1) is 0 Å². The van der Waals surface area contributed by atoms with Crippen LogP contribution in [-0.2, 0) is 23.0 Å². The van der Waals surface area contributed by atoms with Crippen molar-refractivity contribution in [1.29, 1.82) is 0 Å². The first-order valence-electron chi connectivity index (χ1n) is 5.25. The summed E-state index contributed by atoms with van der Waals surface area (Å²) >= 11 is 0. The maximum Gasteiger partial charge on any atom is 0.161 e. The summed E-state index contributed by atoms with van der Waals surface area (Å²) in [5, 5.41) is 0. The van der Waals surface area contributed by atoms with Crippen LogP contribution in [0.2, 0.25) is 0 Å². The summed E-state index contributed by atoms with van der Waals surface area (Å²) in [6.45, 7) is 4.27. The number of hydrogen-bond acceptors (Lipinski definition) is 3. The second kappa shape index (κ2) is 5.66. The van der Waals surface area contributed by atoms with Gasteiger partial charge in [0.1, 0.15) is 11.9 Å². The van der Waals surface area contributed by atoms with Gasteiger partial charge in [-0.05, 0) is 13.8 Å². The van der Waals surface area contributed by atoms with Gasteiger partial charge in [0, 0.05) is 38.9 Å². The maximum atomic E-state index is 11.6. The van der Waals surface area contributed by atoms with Crippen molar-refractivity contribution in [3.8, 4) is 0 Å². The molecule has 0 saturated carbocycles. The van der Waals surface area contributed by atoms with Crippen LogP contribution in [-0.4, -0.2) is 28.0 Å². The molecule has 0 radical (unpaired) electrons. The monoisotopic (exact) mass is 210 g/mol. The minimum atomic E-state index is -0.296. The van der Waals surface area contributed by atoms with Crippen molar-refractivity contribution in [2.45, 2.75) is 32.8 Å². The highest BCUT2D eigenvalue weighted by Gasteiger charge is 2.13.